The first-order valence-electron chi connectivity index (χ1n) is 22.8. The molecule has 0 aliphatic heterocycles. The monoisotopic (exact) mass is 832 g/mol. The minimum atomic E-state index is -0.415. The number of nitrogens with zero attached hydrogens (tertiary/aromatic N) is 2. The van der Waals surface area contributed by atoms with Crippen molar-refractivity contribution in [2.45, 2.75) is 177 Å². The van der Waals surface area contributed by atoms with Crippen LogP contribution in [0.3, 0.4) is 0 Å². The zero-order chi connectivity index (χ0) is 41.4. The van der Waals surface area contributed by atoms with Gasteiger partial charge in [-0.2, -0.15) is 0 Å². The molecule has 0 aliphatic carbocycles. The SMILES string of the molecule is CCCCCCC(=Nc1ccc(CC)c(CC)c1)C(CC)=Nc1ccc(CC)c(CC)c1.CCCCCCCCNc1ccc2cc([O-])c([O-])cc2c1CCCC.[Ni+2]. The fourth-order valence-electron chi connectivity index (χ4n) is 7.67. The second-order valence-electron chi connectivity index (χ2n) is 15.5. The number of aryl methyl sites for hydroxylation is 5. The molecule has 0 saturated carbocycles. The molecule has 0 aliphatic rings. The molecule has 0 fully saturated rings. The van der Waals surface area contributed by atoms with Crippen molar-refractivity contribution in [2.24, 2.45) is 9.98 Å². The molecular formula is C52H75N3NiO2. The summed E-state index contributed by atoms with van der Waals surface area (Å²) in [7, 11) is 0. The predicted octanol–water partition coefficient (Wildman–Crippen LogP) is 14.3. The molecule has 0 unspecified atom stereocenters. The Hall–Kier alpha value is -3.63. The second kappa shape index (κ2) is 28.7. The zero-order valence-corrected chi connectivity index (χ0v) is 38.4. The number of hydrogen-bond donors (Lipinski definition) is 1. The van der Waals surface area contributed by atoms with Crippen molar-refractivity contribution in [3.63, 3.8) is 0 Å². The molecule has 0 radical (unpaired) electrons. The molecule has 0 amide bonds. The summed E-state index contributed by atoms with van der Waals surface area (Å²) in [5, 5.41) is 28.8. The first-order chi connectivity index (χ1) is 27.8. The van der Waals surface area contributed by atoms with E-state index >= 15 is 0 Å². The Balaban J connectivity index is 0.000000405. The van der Waals surface area contributed by atoms with Crippen LogP contribution in [-0.4, -0.2) is 18.0 Å². The molecule has 320 valence electrons. The minimum absolute atomic E-state index is 0. The molecule has 4 rings (SSSR count). The van der Waals surface area contributed by atoms with Crippen LogP contribution in [0.4, 0.5) is 17.1 Å². The van der Waals surface area contributed by atoms with Crippen molar-refractivity contribution < 1.29 is 26.7 Å². The molecule has 0 aromatic heterocycles. The number of fused-ring (bicyclic) bond motifs is 1. The molecule has 5 nitrogen and oxygen atoms in total. The van der Waals surface area contributed by atoms with Gasteiger partial charge in [-0.1, -0.05) is 144 Å². The van der Waals surface area contributed by atoms with E-state index in [0.717, 1.165) is 104 Å². The largest absolute Gasteiger partial charge is 2.00 e. The first kappa shape index (κ1) is 50.5. The molecule has 0 heterocycles. The van der Waals surface area contributed by atoms with Gasteiger partial charge in [-0.25, -0.2) is 0 Å². The fourth-order valence-corrected chi connectivity index (χ4v) is 7.67. The number of hydrogen-bond acceptors (Lipinski definition) is 5. The van der Waals surface area contributed by atoms with Crippen LogP contribution in [0.5, 0.6) is 11.5 Å². The van der Waals surface area contributed by atoms with Gasteiger partial charge >= 0.3 is 16.5 Å². The van der Waals surface area contributed by atoms with E-state index in [0.29, 0.717) is 0 Å². The van der Waals surface area contributed by atoms with E-state index < -0.39 is 11.5 Å². The van der Waals surface area contributed by atoms with Crippen molar-refractivity contribution in [1.82, 2.24) is 0 Å². The van der Waals surface area contributed by atoms with Gasteiger partial charge < -0.3 is 15.5 Å². The Morgan fingerprint density at radius 3 is 1.59 bits per heavy atom. The number of benzene rings is 4. The van der Waals surface area contributed by atoms with Crippen molar-refractivity contribution in [1.29, 1.82) is 0 Å². The van der Waals surface area contributed by atoms with Crippen molar-refractivity contribution in [3.8, 4) is 11.5 Å². The van der Waals surface area contributed by atoms with Gasteiger partial charge in [-0.3, -0.25) is 9.98 Å². The van der Waals surface area contributed by atoms with E-state index in [1.807, 2.05) is 6.07 Å². The average Bonchev–Trinajstić information content (AvgIpc) is 3.23. The van der Waals surface area contributed by atoms with Crippen LogP contribution >= 0.6 is 0 Å². The van der Waals surface area contributed by atoms with Gasteiger partial charge in [0.2, 0.25) is 0 Å². The first-order valence-corrected chi connectivity index (χ1v) is 22.8. The summed E-state index contributed by atoms with van der Waals surface area (Å²) in [4.78, 5) is 10.3. The topological polar surface area (TPSA) is 82.9 Å². The molecule has 58 heavy (non-hydrogen) atoms. The molecule has 0 spiro atoms. The third-order valence-electron chi connectivity index (χ3n) is 11.2. The van der Waals surface area contributed by atoms with Gasteiger partial charge in [0.1, 0.15) is 0 Å². The Morgan fingerprint density at radius 1 is 0.517 bits per heavy atom. The summed E-state index contributed by atoms with van der Waals surface area (Å²) in [5.41, 5.74) is 12.4. The normalized spacial score (nSPS) is 11.7. The molecular weight excluding hydrogens is 757 g/mol. The van der Waals surface area contributed by atoms with Crippen molar-refractivity contribution in [3.05, 3.63) is 88.5 Å². The quantitative estimate of drug-likeness (QED) is 0.0434. The van der Waals surface area contributed by atoms with E-state index in [1.54, 1.807) is 0 Å². The van der Waals surface area contributed by atoms with Crippen LogP contribution in [0.1, 0.15) is 173 Å². The predicted molar refractivity (Wildman–Crippen MR) is 247 cm³/mol. The molecule has 0 bridgehead atoms. The van der Waals surface area contributed by atoms with Gasteiger partial charge in [0.25, 0.3) is 0 Å². The van der Waals surface area contributed by atoms with Crippen LogP contribution in [0, 0.1) is 0 Å². The van der Waals surface area contributed by atoms with Gasteiger partial charge in [-0.05, 0) is 133 Å². The smallest absolute Gasteiger partial charge is 0.873 e. The zero-order valence-electron chi connectivity index (χ0n) is 37.4. The van der Waals surface area contributed by atoms with Crippen LogP contribution in [0.15, 0.2) is 70.6 Å². The third-order valence-corrected chi connectivity index (χ3v) is 11.2. The molecule has 1 N–H and O–H groups in total. The summed E-state index contributed by atoms with van der Waals surface area (Å²) in [6, 6.07) is 20.4. The maximum atomic E-state index is 11.8. The maximum absolute atomic E-state index is 11.8. The van der Waals surface area contributed by atoms with E-state index in [1.165, 1.54) is 104 Å². The molecule has 6 heteroatoms. The number of rotatable bonds is 24. The van der Waals surface area contributed by atoms with E-state index in [9.17, 15) is 10.2 Å². The standard InChI is InChI=1S/C30H44N2.C22H33NO2.Ni/c1-7-13-14-15-16-30(32-28-20-18-24(9-3)26(11-5)22-28)29(12-6)31-27-19-17-23(8-2)25(10-4)21-27;1-3-5-7-8-9-10-14-23-20-13-12-17-15-21(24)22(25)16-19(17)18(20)11-6-4-2;/h17-22H,7-16H2,1-6H3;12-13,15-16,23-25H,3-11,14H2,1-2H3;/q;;+2/p-2. The third kappa shape index (κ3) is 16.2. The van der Waals surface area contributed by atoms with Gasteiger partial charge in [0.05, 0.1) is 22.8 Å². The Morgan fingerprint density at radius 2 is 1.03 bits per heavy atom. The Kier molecular flexibility index (Phi) is 25.0. The van der Waals surface area contributed by atoms with Gasteiger partial charge in [0, 0.05) is 12.2 Å². The number of anilines is 1. The number of nitrogens with one attached hydrogen (secondary N) is 1. The maximum Gasteiger partial charge on any atom is 2.00 e. The summed E-state index contributed by atoms with van der Waals surface area (Å²) < 4.78 is 0. The second-order valence-corrected chi connectivity index (χ2v) is 15.5. The van der Waals surface area contributed by atoms with Crippen molar-refractivity contribution in [2.75, 3.05) is 11.9 Å². The number of aliphatic imine (C=N–C) groups is 2. The Bertz CT molecular complexity index is 1850. The summed E-state index contributed by atoms with van der Waals surface area (Å²) in [5.74, 6) is -0.819. The van der Waals surface area contributed by atoms with Crippen molar-refractivity contribution >= 4 is 39.3 Å². The Labute approximate surface area is 363 Å². The summed E-state index contributed by atoms with van der Waals surface area (Å²) in [6.45, 7) is 18.8. The van der Waals surface area contributed by atoms with E-state index in [2.05, 4.69) is 103 Å². The summed E-state index contributed by atoms with van der Waals surface area (Å²) >= 11 is 0. The molecule has 0 atom stereocenters. The van der Waals surface area contributed by atoms with Gasteiger partial charge in [-0.15, -0.1) is 11.5 Å². The average molecular weight is 833 g/mol. The molecule has 4 aromatic rings. The molecule has 0 saturated heterocycles. The van der Waals surface area contributed by atoms with E-state index in [-0.39, 0.29) is 16.5 Å². The van der Waals surface area contributed by atoms with Crippen LogP contribution < -0.4 is 15.5 Å². The fraction of sp³-hybridized carbons (Fsp3) is 0.538. The van der Waals surface area contributed by atoms with Gasteiger partial charge in [0.15, 0.2) is 0 Å². The van der Waals surface area contributed by atoms with E-state index in [4.69, 9.17) is 9.98 Å². The summed E-state index contributed by atoms with van der Waals surface area (Å²) in [6.07, 6.45) is 21.9. The minimum Gasteiger partial charge on any atom is -0.873 e. The molecule has 4 aromatic carbocycles. The van der Waals surface area contributed by atoms with Crippen LogP contribution in [0.25, 0.3) is 10.8 Å². The van der Waals surface area contributed by atoms with Crippen LogP contribution in [0.2, 0.25) is 0 Å². The van der Waals surface area contributed by atoms with Crippen LogP contribution in [-0.2, 0) is 48.6 Å². The number of unbranched alkanes of at least 4 members (excludes halogenated alkanes) is 9.